The van der Waals surface area contributed by atoms with Gasteiger partial charge in [0.2, 0.25) is 5.91 Å². The van der Waals surface area contributed by atoms with Crippen LogP contribution in [0.5, 0.6) is 0 Å². The highest BCUT2D eigenvalue weighted by Crippen LogP contribution is 2.19. The van der Waals surface area contributed by atoms with Gasteiger partial charge in [-0.25, -0.2) is 0 Å². The molecule has 0 heterocycles. The van der Waals surface area contributed by atoms with E-state index in [0.29, 0.717) is 11.1 Å². The first-order valence-electron chi connectivity index (χ1n) is 7.06. The number of nitrogens with two attached hydrogens (primary N) is 1. The Kier molecular flexibility index (Phi) is 5.20. The van der Waals surface area contributed by atoms with E-state index in [9.17, 15) is 14.4 Å². The molecular formula is C18H17NO3. The monoisotopic (exact) mass is 295 g/mol. The third-order valence-electron chi connectivity index (χ3n) is 3.43. The zero-order chi connectivity index (χ0) is 15.9. The number of amides is 1. The highest BCUT2D eigenvalue weighted by molar-refractivity contribution is 6.16. The zero-order valence-electron chi connectivity index (χ0n) is 12.1. The van der Waals surface area contributed by atoms with Crippen LogP contribution in [0.25, 0.3) is 0 Å². The van der Waals surface area contributed by atoms with E-state index >= 15 is 0 Å². The van der Waals surface area contributed by atoms with Crippen molar-refractivity contribution in [3.05, 3.63) is 71.8 Å². The molecule has 0 aliphatic heterocycles. The molecule has 0 saturated heterocycles. The Bertz CT molecular complexity index is 614. The summed E-state index contributed by atoms with van der Waals surface area (Å²) in [5.74, 6) is -1.98. The van der Waals surface area contributed by atoms with E-state index in [0.717, 1.165) is 0 Å². The van der Waals surface area contributed by atoms with Gasteiger partial charge in [0.25, 0.3) is 0 Å². The van der Waals surface area contributed by atoms with Gasteiger partial charge in [0.15, 0.2) is 11.6 Å². The summed E-state index contributed by atoms with van der Waals surface area (Å²) in [6.07, 6.45) is 0.124. The fraction of sp³-hybridized carbons (Fsp3) is 0.167. The predicted octanol–water partition coefficient (Wildman–Crippen LogP) is 2.63. The molecule has 2 N–H and O–H groups in total. The van der Waals surface area contributed by atoms with Crippen LogP contribution in [0.3, 0.4) is 0 Å². The van der Waals surface area contributed by atoms with Gasteiger partial charge >= 0.3 is 0 Å². The number of Topliss-reactive ketones (excluding diaryl/α,β-unsaturated/α-hetero) is 2. The molecule has 2 rings (SSSR count). The standard InChI is InChI=1S/C18H17NO3/c19-16(20)12-11-15(17(21)13-7-3-1-4-8-13)18(22)14-9-5-2-6-10-14/h1-10,15H,11-12H2,(H2,19,20). The highest BCUT2D eigenvalue weighted by Gasteiger charge is 2.28. The first-order chi connectivity index (χ1) is 10.6. The summed E-state index contributed by atoms with van der Waals surface area (Å²) in [6.45, 7) is 0. The van der Waals surface area contributed by atoms with E-state index in [1.54, 1.807) is 60.7 Å². The number of ketones is 2. The van der Waals surface area contributed by atoms with Crippen LogP contribution < -0.4 is 5.73 Å². The molecule has 4 nitrogen and oxygen atoms in total. The van der Waals surface area contributed by atoms with Crippen LogP contribution in [0.1, 0.15) is 33.6 Å². The van der Waals surface area contributed by atoms with Gasteiger partial charge in [0, 0.05) is 17.5 Å². The molecule has 0 atom stereocenters. The maximum atomic E-state index is 12.6. The predicted molar refractivity (Wildman–Crippen MR) is 83.5 cm³/mol. The molecule has 4 heteroatoms. The fourth-order valence-corrected chi connectivity index (χ4v) is 2.28. The van der Waals surface area contributed by atoms with E-state index in [4.69, 9.17) is 5.73 Å². The first-order valence-corrected chi connectivity index (χ1v) is 7.06. The molecule has 0 aliphatic rings. The van der Waals surface area contributed by atoms with Crippen LogP contribution in [0.4, 0.5) is 0 Å². The highest BCUT2D eigenvalue weighted by atomic mass is 16.2. The Morgan fingerprint density at radius 2 is 1.18 bits per heavy atom. The van der Waals surface area contributed by atoms with Crippen LogP contribution in [0.15, 0.2) is 60.7 Å². The number of benzene rings is 2. The number of primary amides is 1. The summed E-state index contributed by atoms with van der Waals surface area (Å²) >= 11 is 0. The van der Waals surface area contributed by atoms with Gasteiger partial charge in [-0.05, 0) is 6.42 Å². The normalized spacial score (nSPS) is 10.4. The number of carbonyl (C=O) groups is 3. The first kappa shape index (κ1) is 15.6. The third-order valence-corrected chi connectivity index (χ3v) is 3.43. The summed E-state index contributed by atoms with van der Waals surface area (Å²) in [5, 5.41) is 0. The van der Waals surface area contributed by atoms with Gasteiger partial charge in [0.1, 0.15) is 0 Å². The van der Waals surface area contributed by atoms with Gasteiger partial charge in [0.05, 0.1) is 5.92 Å². The number of rotatable bonds is 7. The smallest absolute Gasteiger partial charge is 0.217 e. The average molecular weight is 295 g/mol. The molecule has 0 saturated carbocycles. The summed E-state index contributed by atoms with van der Waals surface area (Å²) < 4.78 is 0. The lowest BCUT2D eigenvalue weighted by molar-refractivity contribution is -0.118. The van der Waals surface area contributed by atoms with E-state index in [-0.39, 0.29) is 24.4 Å². The van der Waals surface area contributed by atoms with Crippen LogP contribution in [0, 0.1) is 5.92 Å². The Labute approximate surface area is 129 Å². The molecule has 0 radical (unpaired) electrons. The second-order valence-corrected chi connectivity index (χ2v) is 5.02. The fourth-order valence-electron chi connectivity index (χ4n) is 2.28. The molecule has 0 aromatic heterocycles. The lowest BCUT2D eigenvalue weighted by Gasteiger charge is -2.14. The SMILES string of the molecule is NC(=O)CCC(C(=O)c1ccccc1)C(=O)c1ccccc1. The minimum atomic E-state index is -0.891. The minimum absolute atomic E-state index is 0.00180. The third kappa shape index (κ3) is 3.88. The summed E-state index contributed by atoms with van der Waals surface area (Å²) in [4.78, 5) is 36.2. The molecular weight excluding hydrogens is 278 g/mol. The van der Waals surface area contributed by atoms with E-state index in [2.05, 4.69) is 0 Å². The Hall–Kier alpha value is -2.75. The van der Waals surface area contributed by atoms with E-state index in [1.807, 2.05) is 0 Å². The van der Waals surface area contributed by atoms with Crippen LogP contribution in [0.2, 0.25) is 0 Å². The zero-order valence-corrected chi connectivity index (χ0v) is 12.1. The van der Waals surface area contributed by atoms with Crippen LogP contribution >= 0.6 is 0 Å². The van der Waals surface area contributed by atoms with Crippen molar-refractivity contribution in [2.24, 2.45) is 11.7 Å². The Morgan fingerprint density at radius 3 is 1.55 bits per heavy atom. The number of hydrogen-bond donors (Lipinski definition) is 1. The maximum absolute atomic E-state index is 12.6. The van der Waals surface area contributed by atoms with Crippen molar-refractivity contribution in [1.29, 1.82) is 0 Å². The Balaban J connectivity index is 2.28. The quantitative estimate of drug-likeness (QED) is 0.630. The van der Waals surface area contributed by atoms with Crippen LogP contribution in [-0.4, -0.2) is 17.5 Å². The molecule has 0 fully saturated rings. The Morgan fingerprint density at radius 1 is 0.773 bits per heavy atom. The van der Waals surface area contributed by atoms with Gasteiger partial charge in [-0.15, -0.1) is 0 Å². The van der Waals surface area contributed by atoms with Crippen molar-refractivity contribution in [2.75, 3.05) is 0 Å². The van der Waals surface area contributed by atoms with Gasteiger partial charge in [-0.1, -0.05) is 60.7 Å². The minimum Gasteiger partial charge on any atom is -0.370 e. The molecule has 0 unspecified atom stereocenters. The van der Waals surface area contributed by atoms with Crippen molar-refractivity contribution in [3.63, 3.8) is 0 Å². The van der Waals surface area contributed by atoms with E-state index < -0.39 is 11.8 Å². The average Bonchev–Trinajstić information content (AvgIpc) is 2.56. The van der Waals surface area contributed by atoms with E-state index in [1.165, 1.54) is 0 Å². The van der Waals surface area contributed by atoms with Gasteiger partial charge in [-0.2, -0.15) is 0 Å². The largest absolute Gasteiger partial charge is 0.370 e. The number of carbonyl (C=O) groups excluding carboxylic acids is 3. The molecule has 0 aliphatic carbocycles. The van der Waals surface area contributed by atoms with Gasteiger partial charge in [-0.3, -0.25) is 14.4 Å². The summed E-state index contributed by atoms with van der Waals surface area (Å²) in [5.41, 5.74) is 6.08. The van der Waals surface area contributed by atoms with Crippen molar-refractivity contribution in [1.82, 2.24) is 0 Å². The lowest BCUT2D eigenvalue weighted by atomic mass is 9.86. The molecule has 2 aromatic carbocycles. The lowest BCUT2D eigenvalue weighted by Crippen LogP contribution is -2.26. The van der Waals surface area contributed by atoms with Crippen molar-refractivity contribution < 1.29 is 14.4 Å². The van der Waals surface area contributed by atoms with Gasteiger partial charge < -0.3 is 5.73 Å². The maximum Gasteiger partial charge on any atom is 0.217 e. The molecule has 112 valence electrons. The summed E-state index contributed by atoms with van der Waals surface area (Å²) in [6, 6.07) is 17.2. The molecule has 0 bridgehead atoms. The molecule has 22 heavy (non-hydrogen) atoms. The summed E-state index contributed by atoms with van der Waals surface area (Å²) in [7, 11) is 0. The van der Waals surface area contributed by atoms with Crippen LogP contribution in [-0.2, 0) is 4.79 Å². The van der Waals surface area contributed by atoms with Crippen molar-refractivity contribution >= 4 is 17.5 Å². The van der Waals surface area contributed by atoms with Crippen molar-refractivity contribution in [3.8, 4) is 0 Å². The van der Waals surface area contributed by atoms with Crippen molar-refractivity contribution in [2.45, 2.75) is 12.8 Å². The second kappa shape index (κ2) is 7.31. The number of hydrogen-bond acceptors (Lipinski definition) is 3. The molecule has 1 amide bonds. The topological polar surface area (TPSA) is 77.2 Å². The molecule has 0 spiro atoms. The molecule has 2 aromatic rings. The second-order valence-electron chi connectivity index (χ2n) is 5.02.